The van der Waals surface area contributed by atoms with Crippen LogP contribution < -0.4 is 42.4 Å². The van der Waals surface area contributed by atoms with E-state index in [0.717, 1.165) is 0 Å². The van der Waals surface area contributed by atoms with Crippen molar-refractivity contribution in [3.63, 3.8) is 0 Å². The largest absolute Gasteiger partial charge is 0 e. The molecule has 0 nitrogen and oxygen atoms in total. The van der Waals surface area contributed by atoms with Gasteiger partial charge in [0.15, 0.2) is 0 Å². The van der Waals surface area contributed by atoms with Crippen molar-refractivity contribution in [2.24, 2.45) is 0 Å². The Morgan fingerprint density at radius 1 is 0.231 bits per heavy atom. The zero-order valence-electron chi connectivity index (χ0n) is 42.7. The van der Waals surface area contributed by atoms with Crippen molar-refractivity contribution in [1.82, 2.24) is 0 Å². The van der Waals surface area contributed by atoms with E-state index >= 15 is 0 Å². The SMILES string of the molecule is C[C@@H](C[C@H](C)P(c1ccccc1)c1ccccc1)P(c1ccccc1)c1ccccc1.C[C@@H](C[C@H](C)P(c1ccccc1)c1ccccc1)P(c1ccccc1)c1ccccc1.[F][Sb-]([F])([F])([F])([F])[F].[F][Sb-]([F])([F])([F])([F])[F].[Rh].[Rh]. The van der Waals surface area contributed by atoms with Crippen molar-refractivity contribution in [2.75, 3.05) is 0 Å². The van der Waals surface area contributed by atoms with Crippen molar-refractivity contribution >= 4 is 113 Å². The monoisotopic (exact) mass is 1560 g/mol. The number of benzene rings is 8. The normalized spacial score (nSPS) is 14.7. The predicted molar refractivity (Wildman–Crippen MR) is 308 cm³/mol. The van der Waals surface area contributed by atoms with Gasteiger partial charge in [-0.15, -0.1) is 0 Å². The molecule has 0 saturated carbocycles. The molecule has 8 aromatic rings. The first-order valence-electron chi connectivity index (χ1n) is 24.1. The molecule has 0 amide bonds. The van der Waals surface area contributed by atoms with Crippen LogP contribution in [0.5, 0.6) is 0 Å². The van der Waals surface area contributed by atoms with Gasteiger partial charge >= 0.3 is 72.7 Å². The summed E-state index contributed by atoms with van der Waals surface area (Å²) < 4.78 is 119. The Bertz CT molecular complexity index is 2380. The average molecular weight is 1560 g/mol. The third kappa shape index (κ3) is 28.0. The van der Waals surface area contributed by atoms with E-state index < -0.39 is 70.6 Å². The Balaban J connectivity index is 0.000000323. The number of halogens is 12. The number of hydrogen-bond donors (Lipinski definition) is 0. The Morgan fingerprint density at radius 3 is 0.410 bits per heavy atom. The van der Waals surface area contributed by atoms with Gasteiger partial charge in [0.2, 0.25) is 0 Å². The zero-order chi connectivity index (χ0) is 55.8. The van der Waals surface area contributed by atoms with Crippen LogP contribution in [-0.4, -0.2) is 61.6 Å². The van der Waals surface area contributed by atoms with Gasteiger partial charge in [-0.05, 0) is 110 Å². The quantitative estimate of drug-likeness (QED) is 0.0514. The second-order valence-electron chi connectivity index (χ2n) is 17.9. The smallest absolute Gasteiger partial charge is 0 e. The van der Waals surface area contributed by atoms with Crippen molar-refractivity contribution in [1.29, 1.82) is 0 Å². The maximum atomic E-state index is 9.93. The van der Waals surface area contributed by atoms with Crippen molar-refractivity contribution in [3.8, 4) is 0 Å². The van der Waals surface area contributed by atoms with E-state index in [2.05, 4.69) is 270 Å². The Morgan fingerprint density at radius 2 is 0.321 bits per heavy atom. The average Bonchev–Trinajstić information content (AvgIpc) is 3.35. The summed E-state index contributed by atoms with van der Waals surface area (Å²) in [4.78, 5) is 0. The summed E-state index contributed by atoms with van der Waals surface area (Å²) in [7, 11) is -1.59. The molecule has 2 radical (unpaired) electrons. The van der Waals surface area contributed by atoms with Gasteiger partial charge in [0, 0.05) is 39.0 Å². The molecule has 0 spiro atoms. The van der Waals surface area contributed by atoms with Crippen LogP contribution in [-0.2, 0) is 39.0 Å². The summed E-state index contributed by atoms with van der Waals surface area (Å²) in [6, 6.07) is 89.0. The Labute approximate surface area is 487 Å². The first-order chi connectivity index (χ1) is 35.4. The number of hydrogen-bond acceptors (Lipinski definition) is 0. The maximum absolute atomic E-state index is 11.2. The second-order valence-corrected chi connectivity index (χ2v) is 39.5. The van der Waals surface area contributed by atoms with Gasteiger partial charge in [-0.25, -0.2) is 0 Å². The second kappa shape index (κ2) is 29.2. The Hall–Kier alpha value is -2.48. The summed E-state index contributed by atoms with van der Waals surface area (Å²) in [6.07, 6.45) is 2.43. The molecule has 0 fully saturated rings. The molecule has 0 aliphatic heterocycles. The van der Waals surface area contributed by atoms with E-state index in [1.807, 2.05) is 0 Å². The molecule has 8 rings (SSSR count). The minimum atomic E-state index is -11.2. The van der Waals surface area contributed by atoms with Gasteiger partial charge in [-0.1, -0.05) is 270 Å². The molecular weight excluding hydrogens is 1500 g/mol. The summed E-state index contributed by atoms with van der Waals surface area (Å²) in [5, 5.41) is 11.8. The van der Waals surface area contributed by atoms with Crippen LogP contribution in [0.4, 0.5) is 33.8 Å². The van der Waals surface area contributed by atoms with Gasteiger partial charge in [-0.2, -0.15) is 0 Å². The molecule has 0 aliphatic carbocycles. The van der Waals surface area contributed by atoms with E-state index in [9.17, 15) is 33.8 Å². The van der Waals surface area contributed by atoms with Crippen LogP contribution in [0, 0.1) is 0 Å². The molecule has 4 atom stereocenters. The predicted octanol–water partition coefficient (Wildman–Crippen LogP) is 17.1. The zero-order valence-corrected chi connectivity index (χ0v) is 54.7. The topological polar surface area (TPSA) is 0 Å². The van der Waals surface area contributed by atoms with Gasteiger partial charge in [0.05, 0.1) is 0 Å². The first kappa shape index (κ1) is 69.8. The van der Waals surface area contributed by atoms with E-state index in [1.54, 1.807) is 0 Å². The van der Waals surface area contributed by atoms with Crippen molar-refractivity contribution in [2.45, 2.75) is 63.2 Å². The molecular formula is C58H60F12P4Rh2Sb2-2. The fourth-order valence-corrected chi connectivity index (χ4v) is 20.4. The standard InChI is InChI=1S/2C29H30P2.12FH.2Rh.2Sb/c2*1-24(30(26-15-7-3-8-16-26)27-17-9-4-10-18-27)23-25(2)31(28-19-11-5-12-20-28)29-21-13-6-14-22-29;;;;;;;;;;;;;;;;/h2*3-22,24-25H,23H2,1-2H3;12*1H;;;;/q;;;;;;;;;;;;;;;;2*+5/p-12/t2*24-,25-;;;;;;;;;;;;;;;;/m00................/s1. The van der Waals surface area contributed by atoms with Gasteiger partial charge in [0.25, 0.3) is 0 Å². The third-order valence-corrected chi connectivity index (χ3v) is 22.6. The molecule has 0 aromatic heterocycles. The summed E-state index contributed by atoms with van der Waals surface area (Å²) in [5.41, 5.74) is 2.42. The molecule has 0 N–H and O–H groups in total. The van der Waals surface area contributed by atoms with Crippen LogP contribution in [0.2, 0.25) is 0 Å². The van der Waals surface area contributed by atoms with Gasteiger partial charge in [0.1, 0.15) is 0 Å². The molecule has 0 aliphatic rings. The summed E-state index contributed by atoms with van der Waals surface area (Å²) in [6.45, 7) is 9.86. The van der Waals surface area contributed by atoms with Gasteiger partial charge in [-0.3, -0.25) is 0 Å². The molecule has 78 heavy (non-hydrogen) atoms. The van der Waals surface area contributed by atoms with Crippen LogP contribution in [0.25, 0.3) is 0 Å². The summed E-state index contributed by atoms with van der Waals surface area (Å²) >= 11 is -22.5. The third-order valence-electron chi connectivity index (χ3n) is 11.4. The molecule has 0 saturated heterocycles. The van der Waals surface area contributed by atoms with E-state index in [-0.39, 0.29) is 39.0 Å². The fraction of sp³-hybridized carbons (Fsp3) is 0.172. The van der Waals surface area contributed by atoms with E-state index in [1.165, 1.54) is 55.3 Å². The molecule has 426 valence electrons. The minimum Gasteiger partial charge on any atom is 0 e. The van der Waals surface area contributed by atoms with Crippen LogP contribution in [0.3, 0.4) is 0 Å². The minimum absolute atomic E-state index is 0. The van der Waals surface area contributed by atoms with Crippen molar-refractivity contribution < 1.29 is 72.7 Å². The fourth-order valence-electron chi connectivity index (χ4n) is 8.75. The molecule has 0 unspecified atom stereocenters. The van der Waals surface area contributed by atoms with Gasteiger partial charge < -0.3 is 0 Å². The number of rotatable bonds is 16. The van der Waals surface area contributed by atoms with E-state index in [0.29, 0.717) is 22.6 Å². The molecule has 0 bridgehead atoms. The Kier molecular flexibility index (Phi) is 26.1. The maximum Gasteiger partial charge on any atom is 0 e. The summed E-state index contributed by atoms with van der Waals surface area (Å²) in [5.74, 6) is 0. The first-order valence-corrected chi connectivity index (χ1v) is 41.3. The molecule has 0 heterocycles. The van der Waals surface area contributed by atoms with E-state index in [4.69, 9.17) is 0 Å². The van der Waals surface area contributed by atoms with Crippen LogP contribution >= 0.6 is 31.7 Å². The molecule has 8 aromatic carbocycles. The van der Waals surface area contributed by atoms with Crippen LogP contribution in [0.1, 0.15) is 40.5 Å². The molecule has 20 heteroatoms. The van der Waals surface area contributed by atoms with Crippen LogP contribution in [0.15, 0.2) is 243 Å². The van der Waals surface area contributed by atoms with Crippen molar-refractivity contribution in [3.05, 3.63) is 243 Å².